The Hall–Kier alpha value is -0.620. The predicted molar refractivity (Wildman–Crippen MR) is 97.1 cm³/mol. The van der Waals surface area contributed by atoms with Crippen molar-refractivity contribution in [1.29, 1.82) is 0 Å². The van der Waals surface area contributed by atoms with Gasteiger partial charge >= 0.3 is 13.7 Å². The van der Waals surface area contributed by atoms with E-state index in [0.717, 1.165) is 6.42 Å². The summed E-state index contributed by atoms with van der Waals surface area (Å²) in [7, 11) is -3.18. The molecule has 0 spiro atoms. The van der Waals surface area contributed by atoms with E-state index in [0.29, 0.717) is 13.1 Å². The molecule has 148 valence electrons. The molecule has 25 heavy (non-hydrogen) atoms. The molecule has 0 aromatic carbocycles. The third-order valence-electron chi connectivity index (χ3n) is 3.26. The van der Waals surface area contributed by atoms with E-state index in [1.54, 1.807) is 4.90 Å². The maximum Gasteiger partial charge on any atom is 0.410 e. The second kappa shape index (κ2) is 9.36. The van der Waals surface area contributed by atoms with Crippen molar-refractivity contribution in [2.45, 2.75) is 78.8 Å². The van der Waals surface area contributed by atoms with E-state index in [1.165, 1.54) is 0 Å². The van der Waals surface area contributed by atoms with Gasteiger partial charge in [0.15, 0.2) is 0 Å². The molecule has 1 atom stereocenters. The first-order valence-electron chi connectivity index (χ1n) is 8.95. The Balaban J connectivity index is 2.43. The van der Waals surface area contributed by atoms with Crippen molar-refractivity contribution in [1.82, 2.24) is 4.90 Å². The van der Waals surface area contributed by atoms with Gasteiger partial charge in [0.1, 0.15) is 5.60 Å². The van der Waals surface area contributed by atoms with Gasteiger partial charge in [-0.1, -0.05) is 0 Å². The Kier molecular flexibility index (Phi) is 8.39. The van der Waals surface area contributed by atoms with E-state index < -0.39 is 13.2 Å². The van der Waals surface area contributed by atoms with E-state index in [2.05, 4.69) is 0 Å². The Morgan fingerprint density at radius 3 is 2.20 bits per heavy atom. The van der Waals surface area contributed by atoms with Crippen LogP contribution in [0.25, 0.3) is 0 Å². The lowest BCUT2D eigenvalue weighted by Gasteiger charge is -2.25. The van der Waals surface area contributed by atoms with Gasteiger partial charge in [-0.2, -0.15) is 0 Å². The minimum atomic E-state index is -3.18. The topological polar surface area (TPSA) is 74.3 Å². The maximum atomic E-state index is 12.7. The number of hydrogen-bond acceptors (Lipinski definition) is 6. The van der Waals surface area contributed by atoms with E-state index in [1.807, 2.05) is 48.5 Å². The van der Waals surface area contributed by atoms with Gasteiger partial charge in [0.25, 0.3) is 0 Å². The summed E-state index contributed by atoms with van der Waals surface area (Å²) in [5.41, 5.74) is -0.509. The fraction of sp³-hybridized carbons (Fsp3) is 0.941. The van der Waals surface area contributed by atoms with E-state index in [-0.39, 0.29) is 37.2 Å². The molecule has 0 aliphatic carbocycles. The van der Waals surface area contributed by atoms with E-state index in [9.17, 15) is 9.36 Å². The Bertz CT molecular complexity index is 460. The van der Waals surface area contributed by atoms with Crippen molar-refractivity contribution in [3.63, 3.8) is 0 Å². The minimum Gasteiger partial charge on any atom is -0.444 e. The second-order valence-electron chi connectivity index (χ2n) is 7.85. The van der Waals surface area contributed by atoms with E-state index in [4.69, 9.17) is 18.5 Å². The number of nitrogens with zero attached hydrogens (tertiary/aromatic N) is 1. The number of amides is 1. The highest BCUT2D eigenvalue weighted by Crippen LogP contribution is 2.50. The standard InChI is InChI=1S/C17H34NO6P/c1-13(2)23-25(20,24-14(3)4)11-10-21-15-8-9-18(12-15)16(19)22-17(5,6)7/h13-15H,8-12H2,1-7H3/t15-/m0/s1. The lowest BCUT2D eigenvalue weighted by atomic mass is 10.2. The Labute approximate surface area is 151 Å². The van der Waals surface area contributed by atoms with Crippen LogP contribution in [0.1, 0.15) is 54.9 Å². The van der Waals surface area contributed by atoms with Gasteiger partial charge in [0.2, 0.25) is 0 Å². The zero-order valence-electron chi connectivity index (χ0n) is 16.6. The SMILES string of the molecule is CC(C)OP(=O)(CCO[C@H]1CCN(C(=O)OC(C)(C)C)C1)OC(C)C. The van der Waals surface area contributed by atoms with Crippen LogP contribution in [0.3, 0.4) is 0 Å². The molecule has 1 aliphatic rings. The zero-order chi connectivity index (χ0) is 19.3. The smallest absolute Gasteiger partial charge is 0.410 e. The van der Waals surface area contributed by atoms with Gasteiger partial charge in [-0.05, 0) is 54.9 Å². The summed E-state index contributed by atoms with van der Waals surface area (Å²) in [6.45, 7) is 14.2. The van der Waals surface area contributed by atoms with Gasteiger partial charge < -0.3 is 23.4 Å². The summed E-state index contributed by atoms with van der Waals surface area (Å²) in [5.74, 6) is 0. The van der Waals surface area contributed by atoms with Gasteiger partial charge in [-0.3, -0.25) is 4.57 Å². The molecule has 1 saturated heterocycles. The number of carbonyl (C=O) groups excluding carboxylic acids is 1. The quantitative estimate of drug-likeness (QED) is 0.592. The van der Waals surface area contributed by atoms with Crippen LogP contribution in [0.5, 0.6) is 0 Å². The third kappa shape index (κ3) is 9.04. The molecule has 0 bridgehead atoms. The first-order chi connectivity index (χ1) is 11.4. The molecule has 8 heteroatoms. The number of ether oxygens (including phenoxy) is 2. The molecule has 0 aromatic heterocycles. The summed E-state index contributed by atoms with van der Waals surface area (Å²) in [6, 6.07) is 0. The zero-order valence-corrected chi connectivity index (χ0v) is 17.5. The summed E-state index contributed by atoms with van der Waals surface area (Å²) < 4.78 is 34.9. The molecule has 1 aliphatic heterocycles. The molecule has 1 rings (SSSR count). The van der Waals surface area contributed by atoms with Crippen molar-refractivity contribution in [2.24, 2.45) is 0 Å². The molecule has 0 N–H and O–H groups in total. The highest BCUT2D eigenvalue weighted by Gasteiger charge is 2.32. The number of rotatable bonds is 8. The van der Waals surface area contributed by atoms with Crippen molar-refractivity contribution in [2.75, 3.05) is 25.9 Å². The molecule has 7 nitrogen and oxygen atoms in total. The molecule has 0 unspecified atom stereocenters. The molecule has 0 aromatic rings. The molecule has 0 saturated carbocycles. The Morgan fingerprint density at radius 2 is 1.72 bits per heavy atom. The summed E-state index contributed by atoms with van der Waals surface area (Å²) in [4.78, 5) is 13.7. The van der Waals surface area contributed by atoms with E-state index >= 15 is 0 Å². The van der Waals surface area contributed by atoms with Crippen LogP contribution in [-0.2, 0) is 23.1 Å². The average molecular weight is 379 g/mol. The number of hydrogen-bond donors (Lipinski definition) is 0. The van der Waals surface area contributed by atoms with Crippen LogP contribution in [0, 0.1) is 0 Å². The largest absolute Gasteiger partial charge is 0.444 e. The fourth-order valence-corrected chi connectivity index (χ4v) is 4.33. The average Bonchev–Trinajstić information content (AvgIpc) is 2.83. The third-order valence-corrected chi connectivity index (χ3v) is 5.47. The summed E-state index contributed by atoms with van der Waals surface area (Å²) in [5, 5.41) is 0. The predicted octanol–water partition coefficient (Wildman–Crippen LogP) is 4.06. The molecule has 1 amide bonds. The normalized spacial score (nSPS) is 19.1. The van der Waals surface area contributed by atoms with Crippen molar-refractivity contribution in [3.05, 3.63) is 0 Å². The molecule has 1 fully saturated rings. The molecule has 1 heterocycles. The summed E-state index contributed by atoms with van der Waals surface area (Å²) in [6.07, 6.45) is 0.165. The van der Waals surface area contributed by atoms with Crippen molar-refractivity contribution in [3.8, 4) is 0 Å². The maximum absolute atomic E-state index is 12.7. The highest BCUT2D eigenvalue weighted by molar-refractivity contribution is 7.53. The van der Waals surface area contributed by atoms with Gasteiger partial charge in [0, 0.05) is 6.54 Å². The lowest BCUT2D eigenvalue weighted by molar-refractivity contribution is 0.0218. The Morgan fingerprint density at radius 1 is 1.16 bits per heavy atom. The van der Waals surface area contributed by atoms with Crippen LogP contribution < -0.4 is 0 Å². The fourth-order valence-electron chi connectivity index (χ4n) is 2.46. The molecule has 0 radical (unpaired) electrons. The number of likely N-dealkylation sites (tertiary alicyclic amines) is 1. The van der Waals surface area contributed by atoms with Crippen LogP contribution >= 0.6 is 7.60 Å². The first-order valence-corrected chi connectivity index (χ1v) is 10.7. The van der Waals surface area contributed by atoms with Crippen LogP contribution in [0.4, 0.5) is 4.79 Å². The van der Waals surface area contributed by atoms with Crippen molar-refractivity contribution >= 4 is 13.7 Å². The summed E-state index contributed by atoms with van der Waals surface area (Å²) >= 11 is 0. The lowest BCUT2D eigenvalue weighted by Crippen LogP contribution is -2.36. The molecular formula is C17H34NO6P. The first kappa shape index (κ1) is 22.4. The second-order valence-corrected chi connectivity index (χ2v) is 9.94. The van der Waals surface area contributed by atoms with Crippen LogP contribution in [0.2, 0.25) is 0 Å². The van der Waals surface area contributed by atoms with Crippen LogP contribution in [-0.4, -0.2) is 60.8 Å². The van der Waals surface area contributed by atoms with Gasteiger partial charge in [-0.25, -0.2) is 4.79 Å². The highest BCUT2D eigenvalue weighted by atomic mass is 31.2. The van der Waals surface area contributed by atoms with Gasteiger partial charge in [-0.15, -0.1) is 0 Å². The van der Waals surface area contributed by atoms with Gasteiger partial charge in [0.05, 0.1) is 37.6 Å². The van der Waals surface area contributed by atoms with Crippen molar-refractivity contribution < 1.29 is 27.9 Å². The number of carbonyl (C=O) groups is 1. The monoisotopic (exact) mass is 379 g/mol. The molecular weight excluding hydrogens is 345 g/mol. The minimum absolute atomic E-state index is 0.0842. The van der Waals surface area contributed by atoms with Crippen LogP contribution in [0.15, 0.2) is 0 Å².